The molecule has 8 heteroatoms. The monoisotopic (exact) mass is 429 g/mol. The zero-order valence-corrected chi connectivity index (χ0v) is 17.9. The second kappa shape index (κ2) is 7.72. The van der Waals surface area contributed by atoms with E-state index in [1.54, 1.807) is 12.4 Å². The minimum Gasteiger partial charge on any atom is -0.440 e. The van der Waals surface area contributed by atoms with E-state index < -0.39 is 0 Å². The number of benzene rings is 1. The maximum atomic E-state index is 13.1. The van der Waals surface area contributed by atoms with Gasteiger partial charge in [0.25, 0.3) is 5.56 Å². The van der Waals surface area contributed by atoms with Crippen LogP contribution in [0.25, 0.3) is 22.4 Å². The SMILES string of the molecule is Cc1cc2oc(N)c(CN3CCc4nc(-c5ccncc5)[nH]c(=O)c4C3)c(=O)c2cc1C. The lowest BCUT2D eigenvalue weighted by Crippen LogP contribution is -2.36. The first-order valence-electron chi connectivity index (χ1n) is 10.5. The number of hydrogen-bond donors (Lipinski definition) is 2. The summed E-state index contributed by atoms with van der Waals surface area (Å²) in [5.41, 5.74) is 11.0. The van der Waals surface area contributed by atoms with E-state index in [0.29, 0.717) is 54.0 Å². The number of nitrogens with zero attached hydrogens (tertiary/aromatic N) is 3. The molecule has 1 aliphatic rings. The Labute approximate surface area is 183 Å². The smallest absolute Gasteiger partial charge is 0.255 e. The van der Waals surface area contributed by atoms with E-state index in [2.05, 4.69) is 15.0 Å². The minimum atomic E-state index is -0.170. The molecule has 162 valence electrons. The van der Waals surface area contributed by atoms with Gasteiger partial charge < -0.3 is 15.1 Å². The molecule has 8 nitrogen and oxygen atoms in total. The third-order valence-electron chi connectivity index (χ3n) is 6.12. The van der Waals surface area contributed by atoms with E-state index in [0.717, 1.165) is 22.4 Å². The summed E-state index contributed by atoms with van der Waals surface area (Å²) in [5, 5.41) is 0.524. The van der Waals surface area contributed by atoms with E-state index in [-0.39, 0.29) is 16.9 Å². The minimum absolute atomic E-state index is 0.122. The van der Waals surface area contributed by atoms with Crippen molar-refractivity contribution in [1.29, 1.82) is 0 Å². The second-order valence-corrected chi connectivity index (χ2v) is 8.24. The van der Waals surface area contributed by atoms with Crippen molar-refractivity contribution in [3.8, 4) is 11.4 Å². The Balaban J connectivity index is 1.46. The molecular weight excluding hydrogens is 406 g/mol. The first-order chi connectivity index (χ1) is 15.4. The number of rotatable bonds is 3. The van der Waals surface area contributed by atoms with Crippen molar-refractivity contribution >= 4 is 16.9 Å². The van der Waals surface area contributed by atoms with Crippen LogP contribution in [0.4, 0.5) is 5.88 Å². The molecule has 0 unspecified atom stereocenters. The number of nitrogens with one attached hydrogen (secondary N) is 1. The molecule has 0 saturated carbocycles. The maximum absolute atomic E-state index is 13.1. The predicted octanol–water partition coefficient (Wildman–Crippen LogP) is 2.70. The zero-order valence-electron chi connectivity index (χ0n) is 17.9. The Morgan fingerprint density at radius 2 is 1.91 bits per heavy atom. The highest BCUT2D eigenvalue weighted by Gasteiger charge is 2.24. The molecule has 0 atom stereocenters. The summed E-state index contributed by atoms with van der Waals surface area (Å²) in [6.45, 7) is 5.28. The van der Waals surface area contributed by atoms with Gasteiger partial charge in [-0.3, -0.25) is 19.5 Å². The van der Waals surface area contributed by atoms with Crippen molar-refractivity contribution in [2.75, 3.05) is 12.3 Å². The van der Waals surface area contributed by atoms with Gasteiger partial charge in [-0.25, -0.2) is 4.98 Å². The third kappa shape index (κ3) is 3.48. The first-order valence-corrected chi connectivity index (χ1v) is 10.5. The molecule has 0 spiro atoms. The van der Waals surface area contributed by atoms with Crippen LogP contribution in [-0.2, 0) is 19.5 Å². The van der Waals surface area contributed by atoms with E-state index in [1.165, 1.54) is 0 Å². The molecule has 3 N–H and O–H groups in total. The number of nitrogen functional groups attached to an aromatic ring is 1. The van der Waals surface area contributed by atoms with Gasteiger partial charge in [-0.15, -0.1) is 0 Å². The topological polar surface area (TPSA) is 118 Å². The molecule has 0 aliphatic carbocycles. The number of aromatic amines is 1. The van der Waals surface area contributed by atoms with Crippen molar-refractivity contribution in [3.63, 3.8) is 0 Å². The van der Waals surface area contributed by atoms with Crippen LogP contribution in [0.15, 0.2) is 50.7 Å². The quantitative estimate of drug-likeness (QED) is 0.514. The van der Waals surface area contributed by atoms with Crippen LogP contribution in [0, 0.1) is 13.8 Å². The first kappa shape index (κ1) is 20.1. The maximum Gasteiger partial charge on any atom is 0.255 e. The number of hydrogen-bond acceptors (Lipinski definition) is 7. The van der Waals surface area contributed by atoms with Crippen LogP contribution in [0.2, 0.25) is 0 Å². The van der Waals surface area contributed by atoms with Gasteiger partial charge in [0.15, 0.2) is 11.3 Å². The summed E-state index contributed by atoms with van der Waals surface area (Å²) in [5.74, 6) is 0.659. The molecule has 0 saturated heterocycles. The average molecular weight is 429 g/mol. The van der Waals surface area contributed by atoms with Gasteiger partial charge in [0.1, 0.15) is 11.4 Å². The highest BCUT2D eigenvalue weighted by Crippen LogP contribution is 2.24. The number of anilines is 1. The molecule has 1 aliphatic heterocycles. The summed E-state index contributed by atoms with van der Waals surface area (Å²) in [6.07, 6.45) is 3.94. The van der Waals surface area contributed by atoms with E-state index in [9.17, 15) is 9.59 Å². The number of fused-ring (bicyclic) bond motifs is 2. The normalized spacial score (nSPS) is 13.9. The Morgan fingerprint density at radius 1 is 1.16 bits per heavy atom. The summed E-state index contributed by atoms with van der Waals surface area (Å²) in [7, 11) is 0. The largest absolute Gasteiger partial charge is 0.440 e. The molecule has 0 radical (unpaired) electrons. The Hall–Kier alpha value is -3.78. The van der Waals surface area contributed by atoms with Gasteiger partial charge in [-0.05, 0) is 49.2 Å². The van der Waals surface area contributed by atoms with Crippen LogP contribution in [0.3, 0.4) is 0 Å². The second-order valence-electron chi connectivity index (χ2n) is 8.24. The van der Waals surface area contributed by atoms with Crippen LogP contribution in [0.1, 0.15) is 27.9 Å². The van der Waals surface area contributed by atoms with Gasteiger partial charge in [-0.1, -0.05) is 0 Å². The number of nitrogens with two attached hydrogens (primary N) is 1. The van der Waals surface area contributed by atoms with E-state index in [4.69, 9.17) is 10.2 Å². The van der Waals surface area contributed by atoms with Gasteiger partial charge in [0.05, 0.1) is 22.2 Å². The highest BCUT2D eigenvalue weighted by molar-refractivity contribution is 5.80. The standard InChI is InChI=1S/C24H23N5O3/c1-13-9-16-20(10-14(13)2)32-22(25)18(21(16)30)12-29-8-5-19-17(11-29)24(31)28-23(27-19)15-3-6-26-7-4-15/h3-4,6-7,9-10H,5,8,11-12,25H2,1-2H3,(H,27,28,31). The molecule has 0 amide bonds. The fourth-order valence-corrected chi connectivity index (χ4v) is 4.14. The van der Waals surface area contributed by atoms with Gasteiger partial charge in [0.2, 0.25) is 0 Å². The fraction of sp³-hybridized carbons (Fsp3) is 0.250. The number of H-pyrrole nitrogens is 1. The summed E-state index contributed by atoms with van der Waals surface area (Å²) in [4.78, 5) is 39.5. The molecule has 5 rings (SSSR count). The molecule has 1 aromatic carbocycles. The Kier molecular flexibility index (Phi) is 4.86. The molecule has 0 fully saturated rings. The van der Waals surface area contributed by atoms with Crippen LogP contribution >= 0.6 is 0 Å². The van der Waals surface area contributed by atoms with Crippen LogP contribution < -0.4 is 16.7 Å². The highest BCUT2D eigenvalue weighted by atomic mass is 16.3. The lowest BCUT2D eigenvalue weighted by Gasteiger charge is -2.27. The molecule has 4 aromatic rings. The number of aryl methyl sites for hydroxylation is 2. The summed E-state index contributed by atoms with van der Waals surface area (Å²) >= 11 is 0. The van der Waals surface area contributed by atoms with Crippen molar-refractivity contribution in [2.45, 2.75) is 33.4 Å². The van der Waals surface area contributed by atoms with Crippen molar-refractivity contribution in [2.24, 2.45) is 0 Å². The lowest BCUT2D eigenvalue weighted by atomic mass is 10.0. The third-order valence-corrected chi connectivity index (χ3v) is 6.12. The predicted molar refractivity (Wildman–Crippen MR) is 122 cm³/mol. The molecule has 3 aromatic heterocycles. The van der Waals surface area contributed by atoms with Crippen molar-refractivity contribution in [3.05, 3.63) is 85.2 Å². The van der Waals surface area contributed by atoms with E-state index >= 15 is 0 Å². The summed E-state index contributed by atoms with van der Waals surface area (Å²) in [6, 6.07) is 7.31. The fourth-order valence-electron chi connectivity index (χ4n) is 4.14. The Morgan fingerprint density at radius 3 is 2.69 bits per heavy atom. The molecule has 4 heterocycles. The van der Waals surface area contributed by atoms with Crippen LogP contribution in [0.5, 0.6) is 0 Å². The van der Waals surface area contributed by atoms with Gasteiger partial charge in [0, 0.05) is 44.0 Å². The zero-order chi connectivity index (χ0) is 22.4. The average Bonchev–Trinajstić information content (AvgIpc) is 2.79. The molecule has 0 bridgehead atoms. The summed E-state index contributed by atoms with van der Waals surface area (Å²) < 4.78 is 5.77. The van der Waals surface area contributed by atoms with Crippen molar-refractivity contribution < 1.29 is 4.42 Å². The lowest BCUT2D eigenvalue weighted by molar-refractivity contribution is 0.240. The number of aromatic nitrogens is 3. The molecular formula is C24H23N5O3. The van der Waals surface area contributed by atoms with E-state index in [1.807, 2.05) is 43.0 Å². The van der Waals surface area contributed by atoms with Gasteiger partial charge in [-0.2, -0.15) is 0 Å². The van der Waals surface area contributed by atoms with Gasteiger partial charge >= 0.3 is 0 Å². The van der Waals surface area contributed by atoms with Crippen LogP contribution in [-0.4, -0.2) is 26.4 Å². The van der Waals surface area contributed by atoms with Crippen molar-refractivity contribution in [1.82, 2.24) is 19.9 Å². The molecule has 32 heavy (non-hydrogen) atoms. The number of pyridine rings is 1. The Bertz CT molecular complexity index is 1460.